The second kappa shape index (κ2) is 7.21. The maximum atomic E-state index is 9.54. The van der Waals surface area contributed by atoms with Crippen molar-refractivity contribution in [3.05, 3.63) is 24.3 Å². The van der Waals surface area contributed by atoms with Gasteiger partial charge in [0.15, 0.2) is 0 Å². The van der Waals surface area contributed by atoms with Gasteiger partial charge in [0.25, 0.3) is 0 Å². The molecule has 0 amide bonds. The Balaban J connectivity index is 2.67. The van der Waals surface area contributed by atoms with Gasteiger partial charge in [0.05, 0.1) is 0 Å². The third kappa shape index (κ3) is 5.12. The van der Waals surface area contributed by atoms with Gasteiger partial charge in [0.1, 0.15) is 5.75 Å². The van der Waals surface area contributed by atoms with Crippen LogP contribution in [-0.2, 0) is 0 Å². The molecule has 0 saturated heterocycles. The maximum Gasteiger partial charge on any atom is 0.117 e. The van der Waals surface area contributed by atoms with Gasteiger partial charge < -0.3 is 10.0 Å². The molecule has 0 aliphatic heterocycles. The summed E-state index contributed by atoms with van der Waals surface area (Å²) >= 11 is 0. The van der Waals surface area contributed by atoms with Crippen LogP contribution in [0.2, 0.25) is 0 Å². The molecule has 0 spiro atoms. The third-order valence-corrected chi connectivity index (χ3v) is 2.95. The molecule has 1 aromatic rings. The zero-order valence-corrected chi connectivity index (χ0v) is 11.3. The summed E-state index contributed by atoms with van der Waals surface area (Å²) in [5.41, 5.74) is 1.14. The SMILES string of the molecule is CCCCN(CCC(C)C)c1cccc(O)c1. The summed E-state index contributed by atoms with van der Waals surface area (Å²) in [6, 6.07) is 7.58. The fourth-order valence-corrected chi connectivity index (χ4v) is 1.82. The Hall–Kier alpha value is -1.18. The third-order valence-electron chi connectivity index (χ3n) is 2.95. The number of hydrogen-bond donors (Lipinski definition) is 1. The largest absolute Gasteiger partial charge is 0.508 e. The molecule has 0 aliphatic rings. The first-order valence-electron chi connectivity index (χ1n) is 6.67. The first-order valence-corrected chi connectivity index (χ1v) is 6.67. The van der Waals surface area contributed by atoms with E-state index in [9.17, 15) is 5.11 Å². The van der Waals surface area contributed by atoms with Crippen LogP contribution in [0, 0.1) is 5.92 Å². The predicted molar refractivity (Wildman–Crippen MR) is 74.7 cm³/mol. The number of unbranched alkanes of at least 4 members (excludes halogenated alkanes) is 1. The number of benzene rings is 1. The van der Waals surface area contributed by atoms with E-state index in [1.54, 1.807) is 6.07 Å². The summed E-state index contributed by atoms with van der Waals surface area (Å²) in [5.74, 6) is 1.07. The number of nitrogens with zero attached hydrogens (tertiary/aromatic N) is 1. The molecule has 0 aromatic heterocycles. The van der Waals surface area contributed by atoms with E-state index in [-0.39, 0.29) is 0 Å². The lowest BCUT2D eigenvalue weighted by Crippen LogP contribution is -2.26. The zero-order chi connectivity index (χ0) is 12.7. The van der Waals surface area contributed by atoms with Crippen molar-refractivity contribution in [2.75, 3.05) is 18.0 Å². The summed E-state index contributed by atoms with van der Waals surface area (Å²) in [7, 11) is 0. The minimum Gasteiger partial charge on any atom is -0.508 e. The van der Waals surface area contributed by atoms with Gasteiger partial charge in [-0.05, 0) is 30.9 Å². The van der Waals surface area contributed by atoms with E-state index in [1.165, 1.54) is 19.3 Å². The van der Waals surface area contributed by atoms with Crippen molar-refractivity contribution in [1.29, 1.82) is 0 Å². The molecule has 0 atom stereocenters. The summed E-state index contributed by atoms with van der Waals surface area (Å²) in [4.78, 5) is 2.38. The van der Waals surface area contributed by atoms with Gasteiger partial charge in [0, 0.05) is 24.8 Å². The molecule has 96 valence electrons. The smallest absolute Gasteiger partial charge is 0.117 e. The van der Waals surface area contributed by atoms with Crippen LogP contribution in [0.1, 0.15) is 40.0 Å². The van der Waals surface area contributed by atoms with Gasteiger partial charge in [-0.25, -0.2) is 0 Å². The van der Waals surface area contributed by atoms with E-state index < -0.39 is 0 Å². The standard InChI is InChI=1S/C15H25NO/c1-4-5-10-16(11-9-13(2)3)14-7-6-8-15(17)12-14/h6-8,12-13,17H,4-5,9-11H2,1-3H3. The molecule has 0 saturated carbocycles. The van der Waals surface area contributed by atoms with Gasteiger partial charge in [-0.2, -0.15) is 0 Å². The number of hydrogen-bond acceptors (Lipinski definition) is 2. The van der Waals surface area contributed by atoms with Gasteiger partial charge >= 0.3 is 0 Å². The average molecular weight is 235 g/mol. The quantitative estimate of drug-likeness (QED) is 0.771. The fourth-order valence-electron chi connectivity index (χ4n) is 1.82. The zero-order valence-electron chi connectivity index (χ0n) is 11.3. The molecule has 2 nitrogen and oxygen atoms in total. The van der Waals surface area contributed by atoms with E-state index >= 15 is 0 Å². The number of aromatic hydroxyl groups is 1. The number of anilines is 1. The highest BCUT2D eigenvalue weighted by atomic mass is 16.3. The topological polar surface area (TPSA) is 23.5 Å². The summed E-state index contributed by atoms with van der Waals surface area (Å²) < 4.78 is 0. The molecule has 2 heteroatoms. The second-order valence-electron chi connectivity index (χ2n) is 5.04. The highest BCUT2D eigenvalue weighted by Crippen LogP contribution is 2.21. The molecule has 0 unspecified atom stereocenters. The fraction of sp³-hybridized carbons (Fsp3) is 0.600. The first kappa shape index (κ1) is 13.9. The first-order chi connectivity index (χ1) is 8.13. The molecule has 0 heterocycles. The van der Waals surface area contributed by atoms with Crippen LogP contribution in [0.25, 0.3) is 0 Å². The van der Waals surface area contributed by atoms with E-state index in [1.807, 2.05) is 12.1 Å². The van der Waals surface area contributed by atoms with Crippen LogP contribution >= 0.6 is 0 Å². The Morgan fingerprint density at radius 2 is 2.00 bits per heavy atom. The van der Waals surface area contributed by atoms with Gasteiger partial charge in [-0.15, -0.1) is 0 Å². The lowest BCUT2D eigenvalue weighted by molar-refractivity contribution is 0.475. The molecular formula is C15H25NO. The second-order valence-corrected chi connectivity index (χ2v) is 5.04. The molecule has 0 bridgehead atoms. The number of phenolic OH excluding ortho intramolecular Hbond substituents is 1. The van der Waals surface area contributed by atoms with Crippen LogP contribution in [0.15, 0.2) is 24.3 Å². The molecule has 17 heavy (non-hydrogen) atoms. The predicted octanol–water partition coefficient (Wildman–Crippen LogP) is 4.04. The van der Waals surface area contributed by atoms with E-state index in [2.05, 4.69) is 31.7 Å². The van der Waals surface area contributed by atoms with Crippen molar-refractivity contribution < 1.29 is 5.11 Å². The van der Waals surface area contributed by atoms with Crippen molar-refractivity contribution in [2.24, 2.45) is 5.92 Å². The lowest BCUT2D eigenvalue weighted by Gasteiger charge is -2.25. The Morgan fingerprint density at radius 3 is 2.59 bits per heavy atom. The van der Waals surface area contributed by atoms with Crippen molar-refractivity contribution in [2.45, 2.75) is 40.0 Å². The highest BCUT2D eigenvalue weighted by Gasteiger charge is 2.07. The Bertz CT molecular complexity index is 322. The van der Waals surface area contributed by atoms with Crippen LogP contribution in [0.5, 0.6) is 5.75 Å². The number of phenols is 1. The van der Waals surface area contributed by atoms with Gasteiger partial charge in [-0.1, -0.05) is 33.3 Å². The summed E-state index contributed by atoms with van der Waals surface area (Å²) in [5, 5.41) is 9.54. The molecule has 1 rings (SSSR count). The maximum absolute atomic E-state index is 9.54. The van der Waals surface area contributed by atoms with Crippen LogP contribution < -0.4 is 4.90 Å². The lowest BCUT2D eigenvalue weighted by atomic mass is 10.1. The van der Waals surface area contributed by atoms with Crippen LogP contribution in [-0.4, -0.2) is 18.2 Å². The van der Waals surface area contributed by atoms with E-state index in [4.69, 9.17) is 0 Å². The Morgan fingerprint density at radius 1 is 1.24 bits per heavy atom. The van der Waals surface area contributed by atoms with Gasteiger partial charge in [0.2, 0.25) is 0 Å². The minimum atomic E-state index is 0.355. The van der Waals surface area contributed by atoms with Crippen LogP contribution in [0.3, 0.4) is 0 Å². The summed E-state index contributed by atoms with van der Waals surface area (Å²) in [6.07, 6.45) is 3.60. The van der Waals surface area contributed by atoms with Crippen molar-refractivity contribution in [1.82, 2.24) is 0 Å². The van der Waals surface area contributed by atoms with Crippen molar-refractivity contribution in [3.63, 3.8) is 0 Å². The Kier molecular flexibility index (Phi) is 5.88. The molecule has 0 aliphatic carbocycles. The molecular weight excluding hydrogens is 210 g/mol. The van der Waals surface area contributed by atoms with E-state index in [0.717, 1.165) is 24.7 Å². The summed E-state index contributed by atoms with van der Waals surface area (Å²) in [6.45, 7) is 8.86. The monoisotopic (exact) mass is 235 g/mol. The van der Waals surface area contributed by atoms with E-state index in [0.29, 0.717) is 5.75 Å². The minimum absolute atomic E-state index is 0.355. The molecule has 0 radical (unpaired) electrons. The number of rotatable bonds is 7. The van der Waals surface area contributed by atoms with Crippen molar-refractivity contribution in [3.8, 4) is 5.75 Å². The Labute approximate surface area is 105 Å². The molecule has 0 fully saturated rings. The highest BCUT2D eigenvalue weighted by molar-refractivity contribution is 5.50. The average Bonchev–Trinajstić information content (AvgIpc) is 2.29. The van der Waals surface area contributed by atoms with Gasteiger partial charge in [-0.3, -0.25) is 0 Å². The molecule has 1 N–H and O–H groups in total. The molecule has 1 aromatic carbocycles. The normalized spacial score (nSPS) is 10.8. The van der Waals surface area contributed by atoms with Crippen molar-refractivity contribution >= 4 is 5.69 Å². The van der Waals surface area contributed by atoms with Crippen LogP contribution in [0.4, 0.5) is 5.69 Å².